The zero-order valence-corrected chi connectivity index (χ0v) is 15.2. The molecule has 3 rings (SSSR count). The molecule has 0 fully saturated rings. The summed E-state index contributed by atoms with van der Waals surface area (Å²) in [5, 5.41) is 11.0. The smallest absolute Gasteiger partial charge is 0.221 e. The number of thioether (sulfide) groups is 1. The summed E-state index contributed by atoms with van der Waals surface area (Å²) in [5.41, 5.74) is 1.90. The van der Waals surface area contributed by atoms with Crippen molar-refractivity contribution in [2.45, 2.75) is 25.3 Å². The number of aryl methyl sites for hydroxylation is 2. The Morgan fingerprint density at radius 2 is 2.24 bits per heavy atom. The van der Waals surface area contributed by atoms with Gasteiger partial charge in [-0.05, 0) is 30.6 Å². The van der Waals surface area contributed by atoms with Crippen molar-refractivity contribution in [2.75, 3.05) is 12.0 Å². The zero-order chi connectivity index (χ0) is 17.6. The number of benzene rings is 1. The lowest BCUT2D eigenvalue weighted by Gasteiger charge is -2.16. The number of rotatable bonds is 8. The number of aromatic amines is 1. The Morgan fingerprint density at radius 3 is 2.96 bits per heavy atom. The minimum Gasteiger partial charge on any atom is -0.346 e. The normalized spacial score (nSPS) is 12.4. The van der Waals surface area contributed by atoms with Crippen molar-refractivity contribution in [2.24, 2.45) is 7.05 Å². The van der Waals surface area contributed by atoms with E-state index >= 15 is 0 Å². The Balaban J connectivity index is 1.67. The molecule has 0 spiro atoms. The number of H-pyrrole nitrogens is 1. The van der Waals surface area contributed by atoms with E-state index in [1.54, 1.807) is 18.1 Å². The van der Waals surface area contributed by atoms with Gasteiger partial charge in [-0.2, -0.15) is 11.8 Å². The molecule has 2 aromatic heterocycles. The number of imidazole rings is 1. The molecule has 132 valence electrons. The lowest BCUT2D eigenvalue weighted by molar-refractivity contribution is -0.121. The van der Waals surface area contributed by atoms with Gasteiger partial charge in [-0.25, -0.2) is 4.98 Å². The molecule has 1 aromatic carbocycles. The van der Waals surface area contributed by atoms with Crippen LogP contribution in [0.4, 0.5) is 0 Å². The van der Waals surface area contributed by atoms with Gasteiger partial charge in [-0.15, -0.1) is 10.2 Å². The summed E-state index contributed by atoms with van der Waals surface area (Å²) in [6.07, 6.45) is 5.48. The van der Waals surface area contributed by atoms with Gasteiger partial charge in [0.15, 0.2) is 0 Å². The molecular formula is C17H22N6OS. The highest BCUT2D eigenvalue weighted by molar-refractivity contribution is 7.98. The van der Waals surface area contributed by atoms with Crippen LogP contribution in [0.25, 0.3) is 11.0 Å². The van der Waals surface area contributed by atoms with Crippen molar-refractivity contribution in [3.8, 4) is 0 Å². The summed E-state index contributed by atoms with van der Waals surface area (Å²) in [6, 6.07) is 7.78. The van der Waals surface area contributed by atoms with E-state index in [-0.39, 0.29) is 11.9 Å². The van der Waals surface area contributed by atoms with Gasteiger partial charge in [-0.1, -0.05) is 12.1 Å². The van der Waals surface area contributed by atoms with Gasteiger partial charge >= 0.3 is 0 Å². The number of amides is 1. The van der Waals surface area contributed by atoms with E-state index in [0.29, 0.717) is 12.8 Å². The van der Waals surface area contributed by atoms with E-state index in [0.717, 1.165) is 34.9 Å². The second-order valence-electron chi connectivity index (χ2n) is 5.90. The van der Waals surface area contributed by atoms with Gasteiger partial charge in [0.1, 0.15) is 18.0 Å². The van der Waals surface area contributed by atoms with E-state index < -0.39 is 0 Å². The van der Waals surface area contributed by atoms with Crippen LogP contribution in [0.3, 0.4) is 0 Å². The summed E-state index contributed by atoms with van der Waals surface area (Å²) >= 11 is 1.76. The van der Waals surface area contributed by atoms with Crippen molar-refractivity contribution in [3.63, 3.8) is 0 Å². The fraction of sp³-hybridized carbons (Fsp3) is 0.412. The number of aromatic nitrogens is 5. The van der Waals surface area contributed by atoms with Crippen molar-refractivity contribution in [1.29, 1.82) is 0 Å². The van der Waals surface area contributed by atoms with E-state index in [1.165, 1.54) is 0 Å². The van der Waals surface area contributed by atoms with Crippen LogP contribution < -0.4 is 5.32 Å². The SMILES string of the molecule is CSCCC(NC(=O)CCc1nncn1C)c1nc2ccccc2[nH]1. The molecule has 2 N–H and O–H groups in total. The van der Waals surface area contributed by atoms with Gasteiger partial charge in [0.2, 0.25) is 5.91 Å². The molecule has 8 heteroatoms. The Hall–Kier alpha value is -2.35. The maximum absolute atomic E-state index is 12.4. The van der Waals surface area contributed by atoms with Crippen LogP contribution in [-0.2, 0) is 18.3 Å². The third kappa shape index (κ3) is 4.39. The van der Waals surface area contributed by atoms with Gasteiger partial charge in [-0.3, -0.25) is 4.79 Å². The Morgan fingerprint density at radius 1 is 1.40 bits per heavy atom. The molecule has 0 aliphatic carbocycles. The van der Waals surface area contributed by atoms with E-state index in [9.17, 15) is 4.79 Å². The van der Waals surface area contributed by atoms with Gasteiger partial charge in [0.25, 0.3) is 0 Å². The van der Waals surface area contributed by atoms with Gasteiger partial charge in [0, 0.05) is 19.9 Å². The summed E-state index contributed by atoms with van der Waals surface area (Å²) in [7, 11) is 1.88. The van der Waals surface area contributed by atoms with Crippen LogP contribution in [0.1, 0.15) is 30.5 Å². The van der Waals surface area contributed by atoms with E-state index in [1.807, 2.05) is 35.9 Å². The molecule has 1 amide bonds. The molecule has 0 aliphatic heterocycles. The van der Waals surface area contributed by atoms with Crippen molar-refractivity contribution in [1.82, 2.24) is 30.0 Å². The van der Waals surface area contributed by atoms with E-state index in [2.05, 4.69) is 31.7 Å². The van der Waals surface area contributed by atoms with Crippen LogP contribution in [0.5, 0.6) is 0 Å². The second-order valence-corrected chi connectivity index (χ2v) is 6.88. The summed E-state index contributed by atoms with van der Waals surface area (Å²) in [5.74, 6) is 2.56. The van der Waals surface area contributed by atoms with E-state index in [4.69, 9.17) is 0 Å². The first-order chi connectivity index (χ1) is 12.2. The Labute approximate surface area is 150 Å². The quantitative estimate of drug-likeness (QED) is 0.645. The topological polar surface area (TPSA) is 88.5 Å². The number of hydrogen-bond acceptors (Lipinski definition) is 5. The highest BCUT2D eigenvalue weighted by Crippen LogP contribution is 2.20. The predicted octanol–water partition coefficient (Wildman–Crippen LogP) is 2.23. The van der Waals surface area contributed by atoms with Gasteiger partial charge < -0.3 is 14.9 Å². The molecule has 25 heavy (non-hydrogen) atoms. The average molecular weight is 358 g/mol. The minimum atomic E-state index is -0.119. The number of hydrogen-bond donors (Lipinski definition) is 2. The largest absolute Gasteiger partial charge is 0.346 e. The zero-order valence-electron chi connectivity index (χ0n) is 14.4. The molecule has 0 saturated carbocycles. The summed E-state index contributed by atoms with van der Waals surface area (Å²) < 4.78 is 1.83. The molecule has 1 atom stereocenters. The minimum absolute atomic E-state index is 0.00504. The first-order valence-corrected chi connectivity index (χ1v) is 9.62. The van der Waals surface area contributed by atoms with Crippen LogP contribution in [0.15, 0.2) is 30.6 Å². The highest BCUT2D eigenvalue weighted by Gasteiger charge is 2.18. The number of nitrogens with zero attached hydrogens (tertiary/aromatic N) is 4. The first kappa shape index (κ1) is 17.5. The second kappa shape index (κ2) is 8.15. The van der Waals surface area contributed by atoms with Crippen molar-refractivity contribution in [3.05, 3.63) is 42.2 Å². The maximum atomic E-state index is 12.4. The number of carbonyl (C=O) groups is 1. The average Bonchev–Trinajstić information content (AvgIpc) is 3.22. The molecule has 0 bridgehead atoms. The summed E-state index contributed by atoms with van der Waals surface area (Å²) in [6.45, 7) is 0. The first-order valence-electron chi connectivity index (χ1n) is 8.23. The molecule has 2 heterocycles. The van der Waals surface area contributed by atoms with Crippen LogP contribution in [0.2, 0.25) is 0 Å². The van der Waals surface area contributed by atoms with Crippen LogP contribution in [0, 0.1) is 0 Å². The third-order valence-corrected chi connectivity index (χ3v) is 4.71. The molecule has 3 aromatic rings. The highest BCUT2D eigenvalue weighted by atomic mass is 32.2. The molecule has 0 aliphatic rings. The number of carbonyl (C=O) groups excluding carboxylic acids is 1. The number of fused-ring (bicyclic) bond motifs is 1. The molecule has 0 saturated heterocycles. The third-order valence-electron chi connectivity index (χ3n) is 4.06. The van der Waals surface area contributed by atoms with Gasteiger partial charge in [0.05, 0.1) is 17.1 Å². The van der Waals surface area contributed by atoms with Crippen LogP contribution in [-0.4, -0.2) is 42.6 Å². The Bertz CT molecular complexity index is 809. The Kier molecular flexibility index (Phi) is 5.70. The fourth-order valence-corrected chi connectivity index (χ4v) is 3.15. The summed E-state index contributed by atoms with van der Waals surface area (Å²) in [4.78, 5) is 20.4. The molecule has 1 unspecified atom stereocenters. The monoisotopic (exact) mass is 358 g/mol. The standard InChI is InChI=1S/C17H22N6OS/c1-23-11-18-22-15(23)7-8-16(24)19-14(9-10-25-2)17-20-12-5-3-4-6-13(12)21-17/h3-6,11,14H,7-10H2,1-2H3,(H,19,24)(H,20,21). The molecule has 0 radical (unpaired) electrons. The van der Waals surface area contributed by atoms with Crippen molar-refractivity contribution < 1.29 is 4.79 Å². The lowest BCUT2D eigenvalue weighted by Crippen LogP contribution is -2.30. The van der Waals surface area contributed by atoms with Crippen molar-refractivity contribution >= 4 is 28.7 Å². The fourth-order valence-electron chi connectivity index (χ4n) is 2.68. The lowest BCUT2D eigenvalue weighted by atomic mass is 10.2. The molecular weight excluding hydrogens is 336 g/mol. The maximum Gasteiger partial charge on any atom is 0.221 e. The molecule has 7 nitrogen and oxygen atoms in total. The number of para-hydroxylation sites is 2. The predicted molar refractivity (Wildman–Crippen MR) is 99.3 cm³/mol. The van der Waals surface area contributed by atoms with Crippen LogP contribution >= 0.6 is 11.8 Å². The number of nitrogens with one attached hydrogen (secondary N) is 2.